The van der Waals surface area contributed by atoms with Crippen LogP contribution in [0.2, 0.25) is 0 Å². The van der Waals surface area contributed by atoms with Gasteiger partial charge in [-0.1, -0.05) is 61.5 Å². The van der Waals surface area contributed by atoms with Crippen LogP contribution in [0, 0.1) is 5.92 Å². The van der Waals surface area contributed by atoms with Crippen LogP contribution < -0.4 is 5.32 Å². The number of pyridine rings is 1. The van der Waals surface area contributed by atoms with Crippen LogP contribution >= 0.6 is 0 Å². The number of nitrogens with one attached hydrogen (secondary N) is 1. The lowest BCUT2D eigenvalue weighted by Gasteiger charge is -2.42. The summed E-state index contributed by atoms with van der Waals surface area (Å²) in [6, 6.07) is 27.9. The fraction of sp³-hybridized carbons (Fsp3) is 0.306. The van der Waals surface area contributed by atoms with E-state index in [4.69, 9.17) is 9.47 Å². The molecule has 2 heterocycles. The van der Waals surface area contributed by atoms with Crippen molar-refractivity contribution < 1.29 is 24.2 Å². The van der Waals surface area contributed by atoms with Gasteiger partial charge < -0.3 is 24.8 Å². The van der Waals surface area contributed by atoms with Crippen LogP contribution in [0.5, 0.6) is 0 Å². The van der Waals surface area contributed by atoms with Gasteiger partial charge in [-0.15, -0.1) is 0 Å². The summed E-state index contributed by atoms with van der Waals surface area (Å²) < 4.78 is 13.2. The number of hydrogen-bond acceptors (Lipinski definition) is 7. The minimum absolute atomic E-state index is 0.0231. The van der Waals surface area contributed by atoms with E-state index >= 15 is 0 Å². The molecule has 0 aliphatic carbocycles. The van der Waals surface area contributed by atoms with E-state index < -0.39 is 6.29 Å². The molecule has 4 atom stereocenters. The highest BCUT2D eigenvalue weighted by Crippen LogP contribution is 2.42. The van der Waals surface area contributed by atoms with Gasteiger partial charge in [0.25, 0.3) is 5.91 Å². The van der Waals surface area contributed by atoms with E-state index in [-0.39, 0.29) is 36.4 Å². The third-order valence-electron chi connectivity index (χ3n) is 8.04. The van der Waals surface area contributed by atoms with Gasteiger partial charge in [-0.3, -0.25) is 14.6 Å². The van der Waals surface area contributed by atoms with Crippen LogP contribution in [0.4, 0.5) is 5.69 Å². The second-order valence-corrected chi connectivity index (χ2v) is 11.4. The Morgan fingerprint density at radius 1 is 0.909 bits per heavy atom. The Bertz CT molecular complexity index is 1560. The molecule has 8 heteroatoms. The van der Waals surface area contributed by atoms with Crippen LogP contribution in [-0.2, 0) is 22.5 Å². The summed E-state index contributed by atoms with van der Waals surface area (Å²) in [7, 11) is 2.08. The van der Waals surface area contributed by atoms with Gasteiger partial charge in [-0.05, 0) is 61.5 Å². The van der Waals surface area contributed by atoms with Gasteiger partial charge in [-0.2, -0.15) is 0 Å². The third kappa shape index (κ3) is 7.84. The van der Waals surface area contributed by atoms with Gasteiger partial charge in [0.1, 0.15) is 0 Å². The molecule has 0 radical (unpaired) electrons. The van der Waals surface area contributed by atoms with Crippen LogP contribution in [0.3, 0.4) is 0 Å². The standard InChI is InChI=1S/C36H39N3O5/c1-24-33(22-39(3)19-17-31-11-4-5-18-37-31)43-36(44-34(24)27-15-13-26(23-40)14-16-27)30-10-6-9-29(20-30)35(42)38-32-12-7-8-28(21-32)25(2)41/h4-16,18,20-21,24,33-34,36,40H,17,19,22-23H2,1-3H3,(H,38,42)/t24-,33+,34+,36?/m0/s1. The number of aromatic nitrogens is 1. The van der Waals surface area contributed by atoms with Crippen molar-refractivity contribution in [3.8, 4) is 0 Å². The summed E-state index contributed by atoms with van der Waals surface area (Å²) in [5, 5.41) is 12.4. The lowest BCUT2D eigenvalue weighted by molar-refractivity contribution is -0.275. The number of hydrogen-bond donors (Lipinski definition) is 2. The Morgan fingerprint density at radius 2 is 1.68 bits per heavy atom. The van der Waals surface area contributed by atoms with Gasteiger partial charge in [0.05, 0.1) is 18.8 Å². The number of benzene rings is 3. The Kier molecular flexibility index (Phi) is 10.3. The predicted octanol–water partition coefficient (Wildman–Crippen LogP) is 5.99. The van der Waals surface area contributed by atoms with Crippen molar-refractivity contribution in [3.05, 3.63) is 131 Å². The first-order chi connectivity index (χ1) is 21.3. The van der Waals surface area contributed by atoms with E-state index in [0.717, 1.165) is 35.3 Å². The van der Waals surface area contributed by atoms with Crippen molar-refractivity contribution in [1.29, 1.82) is 0 Å². The lowest BCUT2D eigenvalue weighted by Crippen LogP contribution is -2.44. The van der Waals surface area contributed by atoms with Crippen molar-refractivity contribution in [1.82, 2.24) is 9.88 Å². The molecule has 8 nitrogen and oxygen atoms in total. The summed E-state index contributed by atoms with van der Waals surface area (Å²) in [6.45, 7) is 5.12. The molecule has 5 rings (SSSR count). The third-order valence-corrected chi connectivity index (χ3v) is 8.04. The second kappa shape index (κ2) is 14.5. The molecule has 1 aliphatic heterocycles. The molecule has 44 heavy (non-hydrogen) atoms. The molecular formula is C36H39N3O5. The van der Waals surface area contributed by atoms with Gasteiger partial charge in [0.2, 0.25) is 0 Å². The molecular weight excluding hydrogens is 554 g/mol. The zero-order chi connectivity index (χ0) is 31.1. The number of carbonyl (C=O) groups excluding carboxylic acids is 2. The fourth-order valence-electron chi connectivity index (χ4n) is 5.42. The van der Waals surface area contributed by atoms with Gasteiger partial charge >= 0.3 is 0 Å². The minimum Gasteiger partial charge on any atom is -0.392 e. The maximum Gasteiger partial charge on any atom is 0.255 e. The molecule has 4 aromatic rings. The van der Waals surface area contributed by atoms with Gasteiger partial charge in [0.15, 0.2) is 12.1 Å². The molecule has 1 unspecified atom stereocenters. The first-order valence-electron chi connectivity index (χ1n) is 14.9. The maximum absolute atomic E-state index is 13.2. The van der Waals surface area contributed by atoms with Crippen molar-refractivity contribution in [2.24, 2.45) is 5.92 Å². The zero-order valence-electron chi connectivity index (χ0n) is 25.4. The Morgan fingerprint density at radius 3 is 2.41 bits per heavy atom. The molecule has 0 bridgehead atoms. The quantitative estimate of drug-likeness (QED) is 0.206. The van der Waals surface area contributed by atoms with E-state index in [0.29, 0.717) is 23.4 Å². The number of aliphatic hydroxyl groups is 1. The Balaban J connectivity index is 1.35. The van der Waals surface area contributed by atoms with Crippen molar-refractivity contribution >= 4 is 17.4 Å². The highest BCUT2D eigenvalue weighted by atomic mass is 16.7. The number of nitrogens with zero attached hydrogens (tertiary/aromatic N) is 2. The van der Waals surface area contributed by atoms with Crippen molar-refractivity contribution in [2.45, 2.75) is 45.4 Å². The molecule has 2 N–H and O–H groups in total. The van der Waals surface area contributed by atoms with E-state index in [1.807, 2.05) is 60.8 Å². The number of aliphatic hydroxyl groups excluding tert-OH is 1. The molecule has 1 fully saturated rings. The lowest BCUT2D eigenvalue weighted by atomic mass is 9.90. The molecule has 3 aromatic carbocycles. The first-order valence-corrected chi connectivity index (χ1v) is 14.9. The monoisotopic (exact) mass is 593 g/mol. The normalized spacial score (nSPS) is 19.9. The summed E-state index contributed by atoms with van der Waals surface area (Å²) >= 11 is 0. The molecule has 0 spiro atoms. The number of Topliss-reactive ketones (excluding diaryl/α,β-unsaturated/α-hetero) is 1. The number of rotatable bonds is 11. The molecule has 1 aliphatic rings. The van der Waals surface area contributed by atoms with Crippen LogP contribution in [0.1, 0.15) is 69.3 Å². The van der Waals surface area contributed by atoms with E-state index in [1.165, 1.54) is 6.92 Å². The number of carbonyl (C=O) groups is 2. The topological polar surface area (TPSA) is 101 Å². The fourth-order valence-corrected chi connectivity index (χ4v) is 5.42. The SMILES string of the molecule is CC(=O)c1cccc(NC(=O)c2cccc(C3O[C@H](CN(C)CCc4ccccn4)[C@H](C)[C@H](c4ccc(CO)cc4)O3)c2)c1. The van der Waals surface area contributed by atoms with E-state index in [2.05, 4.69) is 29.2 Å². The minimum atomic E-state index is -0.698. The number of ether oxygens (including phenoxy) is 2. The van der Waals surface area contributed by atoms with Crippen molar-refractivity contribution in [3.63, 3.8) is 0 Å². The average Bonchev–Trinajstić information content (AvgIpc) is 3.05. The number of amides is 1. The second-order valence-electron chi connectivity index (χ2n) is 11.4. The first kappa shape index (κ1) is 31.2. The Labute approximate surface area is 258 Å². The van der Waals surface area contributed by atoms with Crippen LogP contribution in [0.25, 0.3) is 0 Å². The smallest absolute Gasteiger partial charge is 0.255 e. The van der Waals surface area contributed by atoms with Crippen LogP contribution in [-0.4, -0.2) is 52.9 Å². The largest absolute Gasteiger partial charge is 0.392 e. The maximum atomic E-state index is 13.2. The van der Waals surface area contributed by atoms with Gasteiger partial charge in [0, 0.05) is 59.7 Å². The number of likely N-dealkylation sites (N-methyl/N-ethyl adjacent to an activating group) is 1. The predicted molar refractivity (Wildman–Crippen MR) is 169 cm³/mol. The number of ketones is 1. The molecule has 1 saturated heterocycles. The molecule has 0 saturated carbocycles. The average molecular weight is 594 g/mol. The van der Waals surface area contributed by atoms with Crippen molar-refractivity contribution in [2.75, 3.05) is 25.5 Å². The summed E-state index contributed by atoms with van der Waals surface area (Å²) in [4.78, 5) is 31.7. The molecule has 1 aromatic heterocycles. The molecule has 228 valence electrons. The van der Waals surface area contributed by atoms with E-state index in [9.17, 15) is 14.7 Å². The van der Waals surface area contributed by atoms with Crippen LogP contribution in [0.15, 0.2) is 97.2 Å². The molecule has 1 amide bonds. The number of anilines is 1. The van der Waals surface area contributed by atoms with Gasteiger partial charge in [-0.25, -0.2) is 0 Å². The highest BCUT2D eigenvalue weighted by Gasteiger charge is 2.39. The zero-order valence-corrected chi connectivity index (χ0v) is 25.4. The highest BCUT2D eigenvalue weighted by molar-refractivity contribution is 6.05. The summed E-state index contributed by atoms with van der Waals surface area (Å²) in [6.07, 6.45) is 1.53. The van der Waals surface area contributed by atoms with E-state index in [1.54, 1.807) is 36.4 Å². The summed E-state index contributed by atoms with van der Waals surface area (Å²) in [5.74, 6) is -0.330. The Hall–Kier alpha value is -4.21. The summed E-state index contributed by atoms with van der Waals surface area (Å²) in [5.41, 5.74) is 5.15.